The average molecular weight is 425 g/mol. The topological polar surface area (TPSA) is 67.4 Å². The highest BCUT2D eigenvalue weighted by atomic mass is 16.5. The zero-order valence-electron chi connectivity index (χ0n) is 17.8. The standard InChI is InChI=1S/C27H24N2O3/c1-17(30)32-21-13-11-19(12-14-21)27-26-24(28-22-9-5-6-10-23(22)29-27)15-20(16-25(26)31)18-7-3-2-4-8-18/h2-14,20,27-29H,15-16H2,1H3/t20-,27-/m1/s1. The lowest BCUT2D eigenvalue weighted by atomic mass is 9.78. The molecule has 3 aromatic rings. The summed E-state index contributed by atoms with van der Waals surface area (Å²) in [5.41, 5.74) is 5.76. The van der Waals surface area contributed by atoms with E-state index in [-0.39, 0.29) is 23.7 Å². The third-order valence-corrected chi connectivity index (χ3v) is 6.05. The van der Waals surface area contributed by atoms with Crippen LogP contribution < -0.4 is 15.4 Å². The summed E-state index contributed by atoms with van der Waals surface area (Å²) >= 11 is 0. The number of anilines is 2. The number of allylic oxidation sites excluding steroid dienone is 1. The molecule has 2 atom stereocenters. The van der Waals surface area contributed by atoms with Gasteiger partial charge < -0.3 is 15.4 Å². The number of ether oxygens (including phenoxy) is 1. The highest BCUT2D eigenvalue weighted by Crippen LogP contribution is 2.44. The number of Topliss-reactive ketones (excluding diaryl/α,β-unsaturated/α-hetero) is 1. The summed E-state index contributed by atoms with van der Waals surface area (Å²) < 4.78 is 5.18. The van der Waals surface area contributed by atoms with E-state index in [0.29, 0.717) is 12.2 Å². The molecule has 0 aromatic heterocycles. The van der Waals surface area contributed by atoms with Crippen molar-refractivity contribution in [1.82, 2.24) is 0 Å². The molecule has 160 valence electrons. The lowest BCUT2D eigenvalue weighted by molar-refractivity contribution is -0.131. The van der Waals surface area contributed by atoms with E-state index in [1.165, 1.54) is 12.5 Å². The van der Waals surface area contributed by atoms with Crippen LogP contribution in [0.5, 0.6) is 5.75 Å². The second-order valence-electron chi connectivity index (χ2n) is 8.24. The second kappa shape index (κ2) is 8.35. The van der Waals surface area contributed by atoms with Gasteiger partial charge in [-0.15, -0.1) is 0 Å². The Labute approximate surface area is 187 Å². The molecule has 5 heteroatoms. The SMILES string of the molecule is CC(=O)Oc1ccc([C@H]2Nc3ccccc3NC3=C2C(=O)C[C@H](c2ccccc2)C3)cc1. The molecule has 0 unspecified atom stereocenters. The summed E-state index contributed by atoms with van der Waals surface area (Å²) in [6.07, 6.45) is 1.24. The van der Waals surface area contributed by atoms with Crippen molar-refractivity contribution in [3.8, 4) is 5.75 Å². The van der Waals surface area contributed by atoms with Crippen molar-refractivity contribution in [2.24, 2.45) is 0 Å². The van der Waals surface area contributed by atoms with Gasteiger partial charge in [0.25, 0.3) is 0 Å². The summed E-state index contributed by atoms with van der Waals surface area (Å²) in [5.74, 6) is 0.416. The maximum atomic E-state index is 13.5. The molecule has 1 aliphatic carbocycles. The summed E-state index contributed by atoms with van der Waals surface area (Å²) in [6.45, 7) is 1.38. The fourth-order valence-electron chi connectivity index (χ4n) is 4.60. The quantitative estimate of drug-likeness (QED) is 0.424. The van der Waals surface area contributed by atoms with E-state index in [1.54, 1.807) is 12.1 Å². The Morgan fingerprint density at radius 3 is 2.25 bits per heavy atom. The monoisotopic (exact) mass is 424 g/mol. The predicted molar refractivity (Wildman–Crippen MR) is 125 cm³/mol. The van der Waals surface area contributed by atoms with E-state index >= 15 is 0 Å². The first-order chi connectivity index (χ1) is 15.6. The van der Waals surface area contributed by atoms with Gasteiger partial charge in [0.2, 0.25) is 0 Å². The highest BCUT2D eigenvalue weighted by molar-refractivity contribution is 6.01. The van der Waals surface area contributed by atoms with Crippen molar-refractivity contribution in [3.63, 3.8) is 0 Å². The first-order valence-corrected chi connectivity index (χ1v) is 10.8. The lowest BCUT2D eigenvalue weighted by Crippen LogP contribution is -2.26. The van der Waals surface area contributed by atoms with Crippen LogP contribution in [-0.4, -0.2) is 11.8 Å². The van der Waals surface area contributed by atoms with Crippen molar-refractivity contribution in [3.05, 3.63) is 101 Å². The minimum absolute atomic E-state index is 0.141. The van der Waals surface area contributed by atoms with Crippen molar-refractivity contribution in [2.45, 2.75) is 31.7 Å². The van der Waals surface area contributed by atoms with Gasteiger partial charge in [0.15, 0.2) is 5.78 Å². The molecular formula is C27H24N2O3. The van der Waals surface area contributed by atoms with Crippen LogP contribution in [0.2, 0.25) is 0 Å². The molecule has 32 heavy (non-hydrogen) atoms. The Kier molecular flexibility index (Phi) is 5.23. The number of fused-ring (bicyclic) bond motifs is 1. The van der Waals surface area contributed by atoms with E-state index in [0.717, 1.165) is 34.6 Å². The fraction of sp³-hybridized carbons (Fsp3) is 0.185. The summed E-state index contributed by atoms with van der Waals surface area (Å²) in [6, 6.07) is 25.3. The molecule has 0 spiro atoms. The molecule has 3 aromatic carbocycles. The number of hydrogen-bond donors (Lipinski definition) is 2. The zero-order chi connectivity index (χ0) is 22.1. The second-order valence-corrected chi connectivity index (χ2v) is 8.24. The molecule has 0 saturated carbocycles. The number of para-hydroxylation sites is 2. The molecule has 2 aliphatic rings. The van der Waals surface area contributed by atoms with Gasteiger partial charge in [0, 0.05) is 24.6 Å². The number of nitrogens with one attached hydrogen (secondary N) is 2. The number of benzene rings is 3. The van der Waals surface area contributed by atoms with Crippen molar-refractivity contribution in [2.75, 3.05) is 10.6 Å². The van der Waals surface area contributed by atoms with E-state index in [1.807, 2.05) is 54.6 Å². The van der Waals surface area contributed by atoms with E-state index in [4.69, 9.17) is 4.74 Å². The van der Waals surface area contributed by atoms with Gasteiger partial charge in [0.1, 0.15) is 5.75 Å². The molecule has 0 radical (unpaired) electrons. The highest BCUT2D eigenvalue weighted by Gasteiger charge is 2.36. The number of rotatable bonds is 3. The van der Waals surface area contributed by atoms with Crippen LogP contribution in [-0.2, 0) is 9.59 Å². The number of hydrogen-bond acceptors (Lipinski definition) is 5. The van der Waals surface area contributed by atoms with Gasteiger partial charge in [-0.25, -0.2) is 0 Å². The Hall–Kier alpha value is -3.86. The molecule has 2 N–H and O–H groups in total. The van der Waals surface area contributed by atoms with Crippen molar-refractivity contribution >= 4 is 23.1 Å². The van der Waals surface area contributed by atoms with Crippen LogP contribution in [0.3, 0.4) is 0 Å². The Morgan fingerprint density at radius 1 is 0.844 bits per heavy atom. The van der Waals surface area contributed by atoms with Crippen molar-refractivity contribution < 1.29 is 14.3 Å². The van der Waals surface area contributed by atoms with Crippen LogP contribution in [0.4, 0.5) is 11.4 Å². The fourth-order valence-corrected chi connectivity index (χ4v) is 4.60. The minimum atomic E-state index is -0.358. The minimum Gasteiger partial charge on any atom is -0.427 e. The van der Waals surface area contributed by atoms with Crippen LogP contribution >= 0.6 is 0 Å². The first-order valence-electron chi connectivity index (χ1n) is 10.8. The van der Waals surface area contributed by atoms with Gasteiger partial charge in [-0.1, -0.05) is 54.6 Å². The first kappa shape index (κ1) is 20.1. The zero-order valence-corrected chi connectivity index (χ0v) is 17.8. The van der Waals surface area contributed by atoms with E-state index in [2.05, 4.69) is 22.8 Å². The van der Waals surface area contributed by atoms with Gasteiger partial charge in [-0.05, 0) is 47.7 Å². The lowest BCUT2D eigenvalue weighted by Gasteiger charge is -2.30. The van der Waals surface area contributed by atoms with Crippen molar-refractivity contribution in [1.29, 1.82) is 0 Å². The maximum Gasteiger partial charge on any atom is 0.308 e. The molecule has 1 heterocycles. The van der Waals surface area contributed by atoms with Gasteiger partial charge in [-0.2, -0.15) is 0 Å². The molecular weight excluding hydrogens is 400 g/mol. The number of carbonyl (C=O) groups is 2. The Bertz CT molecular complexity index is 1200. The molecule has 0 amide bonds. The van der Waals surface area contributed by atoms with Gasteiger partial charge in [-0.3, -0.25) is 9.59 Å². The van der Waals surface area contributed by atoms with Gasteiger partial charge >= 0.3 is 5.97 Å². The third-order valence-electron chi connectivity index (χ3n) is 6.05. The molecule has 5 rings (SSSR count). The number of carbonyl (C=O) groups excluding carboxylic acids is 2. The summed E-state index contributed by atoms with van der Waals surface area (Å²) in [7, 11) is 0. The number of ketones is 1. The third kappa shape index (κ3) is 3.89. The predicted octanol–water partition coefficient (Wildman–Crippen LogP) is 5.59. The molecule has 0 bridgehead atoms. The number of esters is 1. The Morgan fingerprint density at radius 2 is 1.53 bits per heavy atom. The van der Waals surface area contributed by atoms with Crippen LogP contribution in [0.15, 0.2) is 90.1 Å². The van der Waals surface area contributed by atoms with Crippen LogP contribution in [0.25, 0.3) is 0 Å². The van der Waals surface area contributed by atoms with Gasteiger partial charge in [0.05, 0.1) is 17.4 Å². The van der Waals surface area contributed by atoms with Crippen LogP contribution in [0, 0.1) is 0 Å². The maximum absolute atomic E-state index is 13.5. The molecule has 1 aliphatic heterocycles. The van der Waals surface area contributed by atoms with E-state index in [9.17, 15) is 9.59 Å². The average Bonchev–Trinajstić information content (AvgIpc) is 2.97. The summed E-state index contributed by atoms with van der Waals surface area (Å²) in [5, 5.41) is 7.13. The van der Waals surface area contributed by atoms with Crippen LogP contribution in [0.1, 0.15) is 42.9 Å². The molecule has 0 fully saturated rings. The smallest absolute Gasteiger partial charge is 0.308 e. The molecule has 0 saturated heterocycles. The van der Waals surface area contributed by atoms with E-state index < -0.39 is 0 Å². The Balaban J connectivity index is 1.56. The largest absolute Gasteiger partial charge is 0.427 e. The normalized spacial score (nSPS) is 19.7. The summed E-state index contributed by atoms with van der Waals surface area (Å²) in [4.78, 5) is 24.8. The molecule has 5 nitrogen and oxygen atoms in total.